The van der Waals surface area contributed by atoms with Crippen molar-refractivity contribution in [1.82, 2.24) is 19.9 Å². The van der Waals surface area contributed by atoms with Crippen LogP contribution in [0.3, 0.4) is 0 Å². The van der Waals surface area contributed by atoms with E-state index in [-0.39, 0.29) is 11.4 Å². The summed E-state index contributed by atoms with van der Waals surface area (Å²) in [4.78, 5) is 21.0. The molecule has 4 aromatic rings. The second-order valence-corrected chi connectivity index (χ2v) is 9.38. The van der Waals surface area contributed by atoms with Crippen molar-refractivity contribution in [3.63, 3.8) is 0 Å². The number of anilines is 2. The summed E-state index contributed by atoms with van der Waals surface area (Å²) in [6.45, 7) is 5.79. The molecule has 0 fully saturated rings. The standard InChI is InChI=1S/C24H23Cl2N5O2/c1-24(2,3)30-23(32)14-6-5-7-16(10-14)33-19-9-8-15(11-17(19)25)29-22-21-18(27-13-28-22)12-20(26)31(21)4/h5-13H,1-4H3,(H,30,32)(H,27,28,29). The zero-order valence-electron chi connectivity index (χ0n) is 18.6. The van der Waals surface area contributed by atoms with E-state index in [0.29, 0.717) is 33.1 Å². The molecule has 0 saturated carbocycles. The van der Waals surface area contributed by atoms with E-state index >= 15 is 0 Å². The van der Waals surface area contributed by atoms with Crippen molar-refractivity contribution in [2.45, 2.75) is 26.3 Å². The third-order valence-corrected chi connectivity index (χ3v) is 5.43. The summed E-state index contributed by atoms with van der Waals surface area (Å²) in [7, 11) is 1.85. The molecular formula is C24H23Cl2N5O2. The van der Waals surface area contributed by atoms with Crippen LogP contribution in [0.2, 0.25) is 10.2 Å². The number of halogens is 2. The minimum atomic E-state index is -0.333. The van der Waals surface area contributed by atoms with E-state index < -0.39 is 0 Å². The number of benzene rings is 2. The Kier molecular flexibility index (Phi) is 6.19. The number of ether oxygens (including phenoxy) is 1. The van der Waals surface area contributed by atoms with Crippen LogP contribution in [-0.4, -0.2) is 26.0 Å². The monoisotopic (exact) mass is 483 g/mol. The molecular weight excluding hydrogens is 461 g/mol. The minimum absolute atomic E-state index is 0.171. The third-order valence-electron chi connectivity index (χ3n) is 4.77. The first-order valence-electron chi connectivity index (χ1n) is 10.2. The number of hydrogen-bond acceptors (Lipinski definition) is 5. The van der Waals surface area contributed by atoms with Crippen molar-refractivity contribution in [3.8, 4) is 11.5 Å². The molecule has 0 unspecified atom stereocenters. The number of nitrogens with one attached hydrogen (secondary N) is 2. The van der Waals surface area contributed by atoms with Crippen LogP contribution in [0.25, 0.3) is 11.0 Å². The van der Waals surface area contributed by atoms with Gasteiger partial charge in [0.15, 0.2) is 5.82 Å². The maximum absolute atomic E-state index is 12.4. The van der Waals surface area contributed by atoms with Crippen LogP contribution >= 0.6 is 23.2 Å². The van der Waals surface area contributed by atoms with E-state index in [0.717, 1.165) is 16.7 Å². The molecule has 4 rings (SSSR count). The fraction of sp³-hybridized carbons (Fsp3) is 0.208. The van der Waals surface area contributed by atoms with Crippen LogP contribution in [0, 0.1) is 0 Å². The molecule has 0 atom stereocenters. The molecule has 0 saturated heterocycles. The summed E-state index contributed by atoms with van der Waals surface area (Å²) in [5.74, 6) is 1.41. The summed E-state index contributed by atoms with van der Waals surface area (Å²) in [6.07, 6.45) is 1.48. The van der Waals surface area contributed by atoms with E-state index in [1.807, 2.05) is 33.9 Å². The van der Waals surface area contributed by atoms with E-state index in [2.05, 4.69) is 20.6 Å². The van der Waals surface area contributed by atoms with Crippen molar-refractivity contribution in [2.75, 3.05) is 5.32 Å². The van der Waals surface area contributed by atoms with Crippen LogP contribution in [0.5, 0.6) is 11.5 Å². The molecule has 170 valence electrons. The number of carbonyl (C=O) groups is 1. The van der Waals surface area contributed by atoms with Gasteiger partial charge in [0, 0.05) is 29.9 Å². The molecule has 2 N–H and O–H groups in total. The Morgan fingerprint density at radius 1 is 1.06 bits per heavy atom. The highest BCUT2D eigenvalue weighted by Gasteiger charge is 2.16. The lowest BCUT2D eigenvalue weighted by Gasteiger charge is -2.20. The van der Waals surface area contributed by atoms with Crippen molar-refractivity contribution in [3.05, 3.63) is 70.6 Å². The van der Waals surface area contributed by atoms with Gasteiger partial charge < -0.3 is 19.9 Å². The Balaban J connectivity index is 1.54. The molecule has 2 aromatic carbocycles. The van der Waals surface area contributed by atoms with Crippen LogP contribution in [0.4, 0.5) is 11.5 Å². The normalized spacial score (nSPS) is 11.5. The summed E-state index contributed by atoms with van der Waals surface area (Å²) in [5, 5.41) is 7.16. The second-order valence-electron chi connectivity index (χ2n) is 8.59. The first kappa shape index (κ1) is 22.9. The number of aromatic nitrogens is 3. The maximum Gasteiger partial charge on any atom is 0.251 e. The molecule has 9 heteroatoms. The van der Waals surface area contributed by atoms with E-state index in [1.165, 1.54) is 6.33 Å². The molecule has 0 radical (unpaired) electrons. The van der Waals surface area contributed by atoms with Crippen molar-refractivity contribution < 1.29 is 9.53 Å². The quantitative estimate of drug-likeness (QED) is 0.346. The fourth-order valence-corrected chi connectivity index (χ4v) is 3.68. The zero-order chi connectivity index (χ0) is 23.8. The first-order valence-corrected chi connectivity index (χ1v) is 11.0. The van der Waals surface area contributed by atoms with Gasteiger partial charge in [-0.05, 0) is 57.2 Å². The smallest absolute Gasteiger partial charge is 0.251 e. The SMILES string of the molecule is Cn1c(Cl)cc2ncnc(Nc3ccc(Oc4cccc(C(=O)NC(C)(C)C)c4)c(Cl)c3)c21. The molecule has 0 spiro atoms. The lowest BCUT2D eigenvalue weighted by atomic mass is 10.1. The highest BCUT2D eigenvalue weighted by atomic mass is 35.5. The number of aryl methyl sites for hydroxylation is 1. The molecule has 33 heavy (non-hydrogen) atoms. The van der Waals surface area contributed by atoms with E-state index in [9.17, 15) is 4.79 Å². The highest BCUT2D eigenvalue weighted by molar-refractivity contribution is 6.32. The summed E-state index contributed by atoms with van der Waals surface area (Å²) in [5.41, 5.74) is 2.42. The fourth-order valence-electron chi connectivity index (χ4n) is 3.28. The largest absolute Gasteiger partial charge is 0.456 e. The number of rotatable bonds is 5. The van der Waals surface area contributed by atoms with E-state index in [4.69, 9.17) is 27.9 Å². The Bertz CT molecular complexity index is 1340. The van der Waals surface area contributed by atoms with Crippen LogP contribution in [-0.2, 0) is 7.05 Å². The Morgan fingerprint density at radius 3 is 2.58 bits per heavy atom. The number of carbonyl (C=O) groups excluding carboxylic acids is 1. The van der Waals surface area contributed by atoms with Gasteiger partial charge in [0.25, 0.3) is 5.91 Å². The summed E-state index contributed by atoms with van der Waals surface area (Å²) >= 11 is 12.7. The van der Waals surface area contributed by atoms with Gasteiger partial charge in [-0.25, -0.2) is 9.97 Å². The Hall–Kier alpha value is -3.29. The molecule has 1 amide bonds. The van der Waals surface area contributed by atoms with Crippen LogP contribution in [0.15, 0.2) is 54.9 Å². The maximum atomic E-state index is 12.4. The predicted octanol–water partition coefficient (Wildman–Crippen LogP) is 6.34. The van der Waals surface area contributed by atoms with E-state index in [1.54, 1.807) is 47.0 Å². The van der Waals surface area contributed by atoms with Gasteiger partial charge in [0.05, 0.1) is 10.5 Å². The number of amides is 1. The number of hydrogen-bond donors (Lipinski definition) is 2. The average Bonchev–Trinajstić information content (AvgIpc) is 3.04. The van der Waals surface area contributed by atoms with Crippen LogP contribution in [0.1, 0.15) is 31.1 Å². The van der Waals surface area contributed by atoms with Gasteiger partial charge >= 0.3 is 0 Å². The molecule has 0 aliphatic rings. The zero-order valence-corrected chi connectivity index (χ0v) is 20.1. The average molecular weight is 484 g/mol. The molecule has 0 bridgehead atoms. The molecule has 2 aromatic heterocycles. The molecule has 7 nitrogen and oxygen atoms in total. The summed E-state index contributed by atoms with van der Waals surface area (Å²) < 4.78 is 7.75. The van der Waals surface area contributed by atoms with Gasteiger partial charge in [-0.1, -0.05) is 29.3 Å². The number of nitrogens with zero attached hydrogens (tertiary/aromatic N) is 3. The van der Waals surface area contributed by atoms with Gasteiger partial charge in [-0.15, -0.1) is 0 Å². The third kappa shape index (κ3) is 5.21. The second kappa shape index (κ2) is 8.92. The van der Waals surface area contributed by atoms with Crippen molar-refractivity contribution >= 4 is 51.6 Å². The molecule has 0 aliphatic carbocycles. The van der Waals surface area contributed by atoms with Gasteiger partial charge in [-0.3, -0.25) is 4.79 Å². The Morgan fingerprint density at radius 2 is 1.85 bits per heavy atom. The van der Waals surface area contributed by atoms with Gasteiger partial charge in [-0.2, -0.15) is 0 Å². The Labute approximate surface area is 201 Å². The lowest BCUT2D eigenvalue weighted by molar-refractivity contribution is 0.0919. The van der Waals surface area contributed by atoms with Crippen LogP contribution < -0.4 is 15.4 Å². The minimum Gasteiger partial charge on any atom is -0.456 e. The van der Waals surface area contributed by atoms with Gasteiger partial charge in [0.2, 0.25) is 0 Å². The van der Waals surface area contributed by atoms with Gasteiger partial charge in [0.1, 0.15) is 28.5 Å². The molecule has 2 heterocycles. The number of fused-ring (bicyclic) bond motifs is 1. The first-order chi connectivity index (χ1) is 15.6. The summed E-state index contributed by atoms with van der Waals surface area (Å²) in [6, 6.07) is 14.1. The predicted molar refractivity (Wildman–Crippen MR) is 132 cm³/mol. The topological polar surface area (TPSA) is 81.1 Å². The molecule has 0 aliphatic heterocycles. The van der Waals surface area contributed by atoms with Crippen molar-refractivity contribution in [2.24, 2.45) is 7.05 Å². The lowest BCUT2D eigenvalue weighted by Crippen LogP contribution is -2.40. The highest BCUT2D eigenvalue weighted by Crippen LogP contribution is 2.34. The van der Waals surface area contributed by atoms with Crippen molar-refractivity contribution in [1.29, 1.82) is 0 Å².